The number of aliphatic hydroxyl groups is 1. The van der Waals surface area contributed by atoms with Crippen LogP contribution in [-0.4, -0.2) is 61.2 Å². The highest BCUT2D eigenvalue weighted by Crippen LogP contribution is 2.26. The lowest BCUT2D eigenvalue weighted by molar-refractivity contribution is -0.0171. The second-order valence-electron chi connectivity index (χ2n) is 5.94. The van der Waals surface area contributed by atoms with Crippen LogP contribution in [0.2, 0.25) is 0 Å². The Bertz CT molecular complexity index is 254. The highest BCUT2D eigenvalue weighted by molar-refractivity contribution is 7.99. The third-order valence-electron chi connectivity index (χ3n) is 4.29. The first-order chi connectivity index (χ1) is 9.78. The molecule has 5 heteroatoms. The molecule has 118 valence electrons. The molecule has 0 amide bonds. The van der Waals surface area contributed by atoms with Gasteiger partial charge < -0.3 is 19.9 Å². The number of hydrogen-bond donors (Lipinski definition) is 2. The summed E-state index contributed by atoms with van der Waals surface area (Å²) in [6.45, 7) is 2.53. The maximum atomic E-state index is 9.92. The van der Waals surface area contributed by atoms with Crippen LogP contribution in [0.1, 0.15) is 38.5 Å². The lowest BCUT2D eigenvalue weighted by Crippen LogP contribution is -2.40. The zero-order valence-electron chi connectivity index (χ0n) is 12.6. The molecule has 2 unspecified atom stereocenters. The normalized spacial score (nSPS) is 32.4. The molecule has 1 heterocycles. The predicted molar refractivity (Wildman–Crippen MR) is 83.4 cm³/mol. The van der Waals surface area contributed by atoms with Crippen molar-refractivity contribution in [2.24, 2.45) is 0 Å². The molecule has 4 nitrogen and oxygen atoms in total. The van der Waals surface area contributed by atoms with Crippen LogP contribution in [0.15, 0.2) is 0 Å². The van der Waals surface area contributed by atoms with E-state index in [-0.39, 0.29) is 6.10 Å². The van der Waals surface area contributed by atoms with Crippen LogP contribution in [0.4, 0.5) is 0 Å². The largest absolute Gasteiger partial charge is 0.389 e. The van der Waals surface area contributed by atoms with Crippen molar-refractivity contribution in [2.75, 3.05) is 32.6 Å². The molecule has 1 saturated heterocycles. The van der Waals surface area contributed by atoms with Gasteiger partial charge in [-0.3, -0.25) is 0 Å². The van der Waals surface area contributed by atoms with Crippen molar-refractivity contribution in [2.45, 2.75) is 62.0 Å². The Morgan fingerprint density at radius 2 is 2.10 bits per heavy atom. The van der Waals surface area contributed by atoms with E-state index < -0.39 is 6.10 Å². The maximum absolute atomic E-state index is 9.92. The van der Waals surface area contributed by atoms with Gasteiger partial charge in [-0.2, -0.15) is 11.8 Å². The molecule has 20 heavy (non-hydrogen) atoms. The van der Waals surface area contributed by atoms with Gasteiger partial charge in [0.05, 0.1) is 25.4 Å². The molecule has 1 aliphatic carbocycles. The Morgan fingerprint density at radius 3 is 2.75 bits per heavy atom. The number of ether oxygens (including phenoxy) is 2. The van der Waals surface area contributed by atoms with Gasteiger partial charge in [-0.1, -0.05) is 0 Å². The maximum Gasteiger partial charge on any atom is 0.0897 e. The Balaban J connectivity index is 1.48. The summed E-state index contributed by atoms with van der Waals surface area (Å²) in [7, 11) is 0. The number of nitrogens with one attached hydrogen (secondary N) is 1. The van der Waals surface area contributed by atoms with Crippen LogP contribution in [0.25, 0.3) is 0 Å². The number of thioether (sulfide) groups is 1. The van der Waals surface area contributed by atoms with E-state index in [0.29, 0.717) is 25.8 Å². The summed E-state index contributed by atoms with van der Waals surface area (Å²) in [4.78, 5) is 0. The van der Waals surface area contributed by atoms with Crippen LogP contribution in [0.5, 0.6) is 0 Å². The van der Waals surface area contributed by atoms with E-state index in [9.17, 15) is 5.11 Å². The molecule has 1 saturated carbocycles. The molecule has 2 aliphatic rings. The first-order valence-electron chi connectivity index (χ1n) is 7.91. The molecule has 0 aromatic heterocycles. The fraction of sp³-hybridized carbons (Fsp3) is 1.00. The molecule has 2 N–H and O–H groups in total. The molecular weight excluding hydrogens is 274 g/mol. The monoisotopic (exact) mass is 303 g/mol. The molecular formula is C15H29NO3S. The molecule has 0 aromatic carbocycles. The van der Waals surface area contributed by atoms with E-state index in [1.807, 2.05) is 11.8 Å². The Morgan fingerprint density at radius 1 is 1.30 bits per heavy atom. The first-order valence-corrected chi connectivity index (χ1v) is 9.20. The summed E-state index contributed by atoms with van der Waals surface area (Å²) < 4.78 is 11.0. The SMILES string of the molecule is CSC1CCC(NCC(O)COCC2CCCO2)CC1. The second kappa shape index (κ2) is 9.26. The Kier molecular flexibility index (Phi) is 7.66. The van der Waals surface area contributed by atoms with Gasteiger partial charge in [0.15, 0.2) is 0 Å². The van der Waals surface area contributed by atoms with E-state index >= 15 is 0 Å². The van der Waals surface area contributed by atoms with Gasteiger partial charge in [0.1, 0.15) is 0 Å². The summed E-state index contributed by atoms with van der Waals surface area (Å²) in [5.41, 5.74) is 0. The lowest BCUT2D eigenvalue weighted by Gasteiger charge is -2.28. The van der Waals surface area contributed by atoms with Crippen molar-refractivity contribution in [3.05, 3.63) is 0 Å². The molecule has 1 aliphatic heterocycles. The number of aliphatic hydroxyl groups excluding tert-OH is 1. The van der Waals surface area contributed by atoms with Gasteiger partial charge >= 0.3 is 0 Å². The second-order valence-corrected chi connectivity index (χ2v) is 7.08. The minimum atomic E-state index is -0.408. The molecule has 0 bridgehead atoms. The van der Waals surface area contributed by atoms with Crippen molar-refractivity contribution >= 4 is 11.8 Å². The van der Waals surface area contributed by atoms with E-state index in [0.717, 1.165) is 24.7 Å². The topological polar surface area (TPSA) is 50.7 Å². The third-order valence-corrected chi connectivity index (χ3v) is 5.43. The first kappa shape index (κ1) is 16.6. The van der Waals surface area contributed by atoms with Crippen molar-refractivity contribution in [1.82, 2.24) is 5.32 Å². The van der Waals surface area contributed by atoms with Crippen LogP contribution in [-0.2, 0) is 9.47 Å². The van der Waals surface area contributed by atoms with Crippen LogP contribution in [0.3, 0.4) is 0 Å². The summed E-state index contributed by atoms with van der Waals surface area (Å²) >= 11 is 1.99. The van der Waals surface area contributed by atoms with E-state index in [4.69, 9.17) is 9.47 Å². The van der Waals surface area contributed by atoms with Crippen LogP contribution in [0, 0.1) is 0 Å². The predicted octanol–water partition coefficient (Wildman–Crippen LogP) is 1.81. The minimum absolute atomic E-state index is 0.247. The Labute approximate surface area is 127 Å². The zero-order valence-corrected chi connectivity index (χ0v) is 13.4. The van der Waals surface area contributed by atoms with Crippen LogP contribution < -0.4 is 5.32 Å². The molecule has 0 spiro atoms. The molecule has 2 atom stereocenters. The molecule has 0 radical (unpaired) electrons. The van der Waals surface area contributed by atoms with Crippen molar-refractivity contribution in [3.63, 3.8) is 0 Å². The minimum Gasteiger partial charge on any atom is -0.389 e. The van der Waals surface area contributed by atoms with Gasteiger partial charge in [-0.25, -0.2) is 0 Å². The molecule has 2 fully saturated rings. The fourth-order valence-corrected chi connectivity index (χ4v) is 3.72. The summed E-state index contributed by atoms with van der Waals surface area (Å²) in [5.74, 6) is 0. The highest BCUT2D eigenvalue weighted by Gasteiger charge is 2.21. The highest BCUT2D eigenvalue weighted by atomic mass is 32.2. The quantitative estimate of drug-likeness (QED) is 0.716. The lowest BCUT2D eigenvalue weighted by atomic mass is 9.95. The number of hydrogen-bond acceptors (Lipinski definition) is 5. The Hall–Kier alpha value is 0.190. The van der Waals surface area contributed by atoms with Crippen molar-refractivity contribution < 1.29 is 14.6 Å². The van der Waals surface area contributed by atoms with Gasteiger partial charge in [0.25, 0.3) is 0 Å². The van der Waals surface area contributed by atoms with Gasteiger partial charge in [-0.05, 0) is 44.8 Å². The number of rotatable bonds is 8. The standard InChI is InChI=1S/C15H29NO3S/c1-20-15-6-4-12(5-7-15)16-9-13(17)10-18-11-14-3-2-8-19-14/h12-17H,2-11H2,1H3. The summed E-state index contributed by atoms with van der Waals surface area (Å²) in [6.07, 6.45) is 9.32. The molecule has 0 aromatic rings. The van der Waals surface area contributed by atoms with Gasteiger partial charge in [0.2, 0.25) is 0 Å². The fourth-order valence-electron chi connectivity index (χ4n) is 2.98. The van der Waals surface area contributed by atoms with Gasteiger partial charge in [0, 0.05) is 24.4 Å². The van der Waals surface area contributed by atoms with Gasteiger partial charge in [-0.15, -0.1) is 0 Å². The van der Waals surface area contributed by atoms with E-state index in [2.05, 4.69) is 11.6 Å². The van der Waals surface area contributed by atoms with Crippen LogP contribution >= 0.6 is 11.8 Å². The van der Waals surface area contributed by atoms with E-state index in [1.54, 1.807) is 0 Å². The van der Waals surface area contributed by atoms with Crippen molar-refractivity contribution in [1.29, 1.82) is 0 Å². The average molecular weight is 303 g/mol. The zero-order chi connectivity index (χ0) is 14.2. The summed E-state index contributed by atoms with van der Waals surface area (Å²) in [6, 6.07) is 0.575. The van der Waals surface area contributed by atoms with Crippen molar-refractivity contribution in [3.8, 4) is 0 Å². The smallest absolute Gasteiger partial charge is 0.0897 e. The third kappa shape index (κ3) is 5.90. The summed E-state index contributed by atoms with van der Waals surface area (Å²) in [5, 5.41) is 14.2. The van der Waals surface area contributed by atoms with E-state index in [1.165, 1.54) is 25.7 Å². The molecule has 2 rings (SSSR count). The average Bonchev–Trinajstić information content (AvgIpc) is 2.99.